The van der Waals surface area contributed by atoms with E-state index in [1.165, 1.54) is 10.6 Å². The first kappa shape index (κ1) is 16.8. The molecule has 0 radical (unpaired) electrons. The molecule has 0 unspecified atom stereocenters. The first-order valence-corrected chi connectivity index (χ1v) is 9.52. The van der Waals surface area contributed by atoms with Crippen molar-refractivity contribution in [1.82, 2.24) is 5.32 Å². The van der Waals surface area contributed by atoms with Crippen LogP contribution in [0.4, 0.5) is 5.69 Å². The van der Waals surface area contributed by atoms with Crippen LogP contribution in [0.25, 0.3) is 0 Å². The molecule has 1 aliphatic heterocycles. The van der Waals surface area contributed by atoms with E-state index in [2.05, 4.69) is 12.2 Å². The molecule has 0 bridgehead atoms. The van der Waals surface area contributed by atoms with Gasteiger partial charge in [-0.05, 0) is 50.5 Å². The van der Waals surface area contributed by atoms with Gasteiger partial charge in [0.05, 0.1) is 11.9 Å². The first-order valence-electron chi connectivity index (χ1n) is 7.67. The lowest BCUT2D eigenvalue weighted by molar-refractivity contribution is 0.0938. The number of carbonyl (C=O) groups excluding carboxylic acids is 1. The second-order valence-electron chi connectivity index (χ2n) is 6.12. The topological polar surface area (TPSA) is 66.5 Å². The molecule has 1 aliphatic rings. The molecule has 6 heteroatoms. The Morgan fingerprint density at radius 1 is 1.45 bits per heavy atom. The van der Waals surface area contributed by atoms with Gasteiger partial charge in [-0.1, -0.05) is 13.3 Å². The number of benzene rings is 1. The van der Waals surface area contributed by atoms with Crippen LogP contribution in [0.2, 0.25) is 0 Å². The summed E-state index contributed by atoms with van der Waals surface area (Å²) in [5.41, 5.74) is 2.19. The number of anilines is 1. The summed E-state index contributed by atoms with van der Waals surface area (Å²) >= 11 is 0. The summed E-state index contributed by atoms with van der Waals surface area (Å²) in [6.07, 6.45) is 3.81. The van der Waals surface area contributed by atoms with Crippen molar-refractivity contribution in [2.24, 2.45) is 0 Å². The Kier molecular flexibility index (Phi) is 4.80. The molecule has 0 fully saturated rings. The predicted molar refractivity (Wildman–Crippen MR) is 88.8 cm³/mol. The minimum atomic E-state index is -3.29. The third-order valence-corrected chi connectivity index (χ3v) is 5.22. The Balaban J connectivity index is 2.24. The van der Waals surface area contributed by atoms with Crippen LogP contribution in [0.1, 0.15) is 49.5 Å². The fourth-order valence-electron chi connectivity index (χ4n) is 3.06. The molecule has 1 amide bonds. The number of sulfonamides is 1. The third-order valence-electron chi connectivity index (χ3n) is 3.95. The number of fused-ring (bicyclic) bond motifs is 1. The zero-order chi connectivity index (χ0) is 16.5. The zero-order valence-electron chi connectivity index (χ0n) is 13.6. The van der Waals surface area contributed by atoms with Gasteiger partial charge in [0.2, 0.25) is 10.0 Å². The normalized spacial score (nSPS) is 18.9. The van der Waals surface area contributed by atoms with Gasteiger partial charge in [0.1, 0.15) is 0 Å². The molecule has 1 N–H and O–H groups in total. The molecular formula is C16H24N2O3S. The van der Waals surface area contributed by atoms with Gasteiger partial charge >= 0.3 is 0 Å². The number of amides is 1. The summed E-state index contributed by atoms with van der Waals surface area (Å²) in [6.45, 7) is 5.95. The summed E-state index contributed by atoms with van der Waals surface area (Å²) in [4.78, 5) is 12.2. The SMILES string of the molecule is CCC[C@H](C)NC(=O)c1ccc2c(c1)C[C@H](C)N2S(C)(=O)=O. The van der Waals surface area contributed by atoms with Crippen molar-refractivity contribution in [3.63, 3.8) is 0 Å². The van der Waals surface area contributed by atoms with E-state index in [9.17, 15) is 13.2 Å². The van der Waals surface area contributed by atoms with Crippen molar-refractivity contribution in [2.75, 3.05) is 10.6 Å². The van der Waals surface area contributed by atoms with Gasteiger partial charge in [-0.3, -0.25) is 9.10 Å². The summed E-state index contributed by atoms with van der Waals surface area (Å²) in [6, 6.07) is 5.27. The Labute approximate surface area is 132 Å². The largest absolute Gasteiger partial charge is 0.350 e. The minimum Gasteiger partial charge on any atom is -0.350 e. The highest BCUT2D eigenvalue weighted by Crippen LogP contribution is 2.34. The molecule has 0 aromatic heterocycles. The molecule has 1 aromatic carbocycles. The van der Waals surface area contributed by atoms with E-state index in [0.717, 1.165) is 18.4 Å². The molecule has 0 aliphatic carbocycles. The highest BCUT2D eigenvalue weighted by Gasteiger charge is 2.32. The van der Waals surface area contributed by atoms with E-state index in [1.807, 2.05) is 19.9 Å². The van der Waals surface area contributed by atoms with Crippen LogP contribution in [0.5, 0.6) is 0 Å². The lowest BCUT2D eigenvalue weighted by Gasteiger charge is -2.22. The third kappa shape index (κ3) is 3.43. The highest BCUT2D eigenvalue weighted by molar-refractivity contribution is 7.92. The molecular weight excluding hydrogens is 300 g/mol. The summed E-state index contributed by atoms with van der Waals surface area (Å²) in [5.74, 6) is -0.103. The number of nitrogens with zero attached hydrogens (tertiary/aromatic N) is 1. The molecule has 0 saturated heterocycles. The van der Waals surface area contributed by atoms with Crippen LogP contribution in [0.3, 0.4) is 0 Å². The van der Waals surface area contributed by atoms with Crippen LogP contribution >= 0.6 is 0 Å². The van der Waals surface area contributed by atoms with Gasteiger partial charge in [-0.25, -0.2) is 8.42 Å². The minimum absolute atomic E-state index is 0.103. The lowest BCUT2D eigenvalue weighted by Crippen LogP contribution is -2.34. The van der Waals surface area contributed by atoms with Crippen molar-refractivity contribution in [3.05, 3.63) is 29.3 Å². The monoisotopic (exact) mass is 324 g/mol. The summed E-state index contributed by atoms with van der Waals surface area (Å²) in [7, 11) is -3.29. The first-order chi connectivity index (χ1) is 10.2. The van der Waals surface area contributed by atoms with Crippen LogP contribution in [-0.4, -0.2) is 32.7 Å². The smallest absolute Gasteiger partial charge is 0.251 e. The van der Waals surface area contributed by atoms with Crippen LogP contribution in [-0.2, 0) is 16.4 Å². The number of rotatable bonds is 5. The molecule has 1 aromatic rings. The van der Waals surface area contributed by atoms with Gasteiger partial charge in [-0.15, -0.1) is 0 Å². The van der Waals surface area contributed by atoms with E-state index in [1.54, 1.807) is 12.1 Å². The fraction of sp³-hybridized carbons (Fsp3) is 0.562. The number of hydrogen-bond acceptors (Lipinski definition) is 3. The molecule has 0 saturated carbocycles. The van der Waals surface area contributed by atoms with Gasteiger partial charge in [0.15, 0.2) is 0 Å². The van der Waals surface area contributed by atoms with E-state index in [-0.39, 0.29) is 18.0 Å². The van der Waals surface area contributed by atoms with E-state index >= 15 is 0 Å². The second kappa shape index (κ2) is 6.28. The van der Waals surface area contributed by atoms with Crippen molar-refractivity contribution < 1.29 is 13.2 Å². The van der Waals surface area contributed by atoms with Gasteiger partial charge in [-0.2, -0.15) is 0 Å². The molecule has 22 heavy (non-hydrogen) atoms. The average Bonchev–Trinajstić information content (AvgIpc) is 2.73. The van der Waals surface area contributed by atoms with Crippen LogP contribution in [0.15, 0.2) is 18.2 Å². The number of nitrogens with one attached hydrogen (secondary N) is 1. The Hall–Kier alpha value is -1.56. The molecule has 2 rings (SSSR count). The standard InChI is InChI=1S/C16H24N2O3S/c1-5-6-11(2)17-16(19)13-7-8-15-14(10-13)9-12(3)18(15)22(4,20)21/h7-8,10-12H,5-6,9H2,1-4H3,(H,17,19)/t11-,12-/m0/s1. The maximum atomic E-state index is 12.2. The highest BCUT2D eigenvalue weighted by atomic mass is 32.2. The van der Waals surface area contributed by atoms with Gasteiger partial charge in [0, 0.05) is 17.6 Å². The fourth-order valence-corrected chi connectivity index (χ4v) is 4.33. The van der Waals surface area contributed by atoms with Crippen LogP contribution < -0.4 is 9.62 Å². The second-order valence-corrected chi connectivity index (χ2v) is 7.98. The maximum Gasteiger partial charge on any atom is 0.251 e. The van der Waals surface area contributed by atoms with E-state index < -0.39 is 10.0 Å². The average molecular weight is 324 g/mol. The Morgan fingerprint density at radius 3 is 2.73 bits per heavy atom. The number of hydrogen-bond donors (Lipinski definition) is 1. The summed E-state index contributed by atoms with van der Waals surface area (Å²) < 4.78 is 25.2. The van der Waals surface area contributed by atoms with Crippen molar-refractivity contribution in [1.29, 1.82) is 0 Å². The van der Waals surface area contributed by atoms with Crippen LogP contribution in [0, 0.1) is 0 Å². The Morgan fingerprint density at radius 2 is 2.14 bits per heavy atom. The number of carbonyl (C=O) groups is 1. The molecule has 1 heterocycles. The van der Waals surface area contributed by atoms with E-state index in [4.69, 9.17) is 0 Å². The van der Waals surface area contributed by atoms with Crippen molar-refractivity contribution in [3.8, 4) is 0 Å². The molecule has 5 nitrogen and oxygen atoms in total. The Bertz CT molecular complexity index is 670. The predicted octanol–water partition coefficient (Wildman–Crippen LogP) is 2.32. The molecule has 0 spiro atoms. The van der Waals surface area contributed by atoms with Gasteiger partial charge in [0.25, 0.3) is 5.91 Å². The van der Waals surface area contributed by atoms with Crippen molar-refractivity contribution in [2.45, 2.75) is 52.1 Å². The van der Waals surface area contributed by atoms with Gasteiger partial charge < -0.3 is 5.32 Å². The lowest BCUT2D eigenvalue weighted by atomic mass is 10.1. The quantitative estimate of drug-likeness (QED) is 0.904. The maximum absolute atomic E-state index is 12.2. The van der Waals surface area contributed by atoms with E-state index in [0.29, 0.717) is 17.7 Å². The van der Waals surface area contributed by atoms with Crippen molar-refractivity contribution >= 4 is 21.6 Å². The summed E-state index contributed by atoms with van der Waals surface area (Å²) in [5, 5.41) is 2.97. The molecule has 2 atom stereocenters. The zero-order valence-corrected chi connectivity index (χ0v) is 14.4. The molecule has 122 valence electrons.